The smallest absolute Gasteiger partial charge is 0.223 e. The van der Waals surface area contributed by atoms with Gasteiger partial charge in [0.05, 0.1) is 11.5 Å². The number of carbonyl (C=O) groups excluding carboxylic acids is 1. The van der Waals surface area contributed by atoms with Gasteiger partial charge in [-0.1, -0.05) is 0 Å². The van der Waals surface area contributed by atoms with Gasteiger partial charge in [0.1, 0.15) is 0 Å². The van der Waals surface area contributed by atoms with E-state index in [4.69, 9.17) is 10.5 Å². The Morgan fingerprint density at radius 3 is 2.56 bits per heavy atom. The summed E-state index contributed by atoms with van der Waals surface area (Å²) in [5.74, 6) is -0.304. The van der Waals surface area contributed by atoms with Crippen LogP contribution in [-0.4, -0.2) is 18.6 Å². The van der Waals surface area contributed by atoms with Crippen LogP contribution in [0.1, 0.15) is 13.3 Å². The molecule has 0 aromatic heterocycles. The number of methoxy groups -OCH3 is 1. The average molecular weight is 129 g/mol. The molecular weight excluding hydrogens is 118 g/mol. The highest BCUT2D eigenvalue weighted by molar-refractivity contribution is 5.81. The fourth-order valence-electron chi connectivity index (χ4n) is 0.973. The first-order valence-corrected chi connectivity index (χ1v) is 2.94. The van der Waals surface area contributed by atoms with Crippen LogP contribution in [0.2, 0.25) is 0 Å². The van der Waals surface area contributed by atoms with Crippen LogP contribution in [0.15, 0.2) is 0 Å². The van der Waals surface area contributed by atoms with E-state index < -0.39 is 0 Å². The van der Waals surface area contributed by atoms with E-state index in [1.807, 2.05) is 6.92 Å². The zero-order valence-corrected chi connectivity index (χ0v) is 5.68. The van der Waals surface area contributed by atoms with Crippen LogP contribution in [0.4, 0.5) is 0 Å². The average Bonchev–Trinajstić information content (AvgIpc) is 2.44. The maximum Gasteiger partial charge on any atom is 0.223 e. The van der Waals surface area contributed by atoms with Gasteiger partial charge in [0.2, 0.25) is 5.91 Å². The first-order valence-electron chi connectivity index (χ1n) is 2.94. The van der Waals surface area contributed by atoms with Crippen molar-refractivity contribution in [1.29, 1.82) is 0 Å². The minimum Gasteiger partial charge on any atom is -0.378 e. The zero-order valence-electron chi connectivity index (χ0n) is 5.68. The van der Waals surface area contributed by atoms with E-state index in [9.17, 15) is 4.79 Å². The summed E-state index contributed by atoms with van der Waals surface area (Å²) >= 11 is 0. The summed E-state index contributed by atoms with van der Waals surface area (Å²) < 4.78 is 5.02. The van der Waals surface area contributed by atoms with Crippen LogP contribution in [0.25, 0.3) is 0 Å². The molecule has 1 rings (SSSR count). The number of hydrogen-bond acceptors (Lipinski definition) is 2. The van der Waals surface area contributed by atoms with Crippen LogP contribution in [-0.2, 0) is 9.53 Å². The van der Waals surface area contributed by atoms with E-state index in [0.29, 0.717) is 0 Å². The highest BCUT2D eigenvalue weighted by Gasteiger charge is 2.54. The number of ether oxygens (including phenoxy) is 1. The van der Waals surface area contributed by atoms with Gasteiger partial charge in [-0.15, -0.1) is 0 Å². The largest absolute Gasteiger partial charge is 0.378 e. The quantitative estimate of drug-likeness (QED) is 0.566. The second-order valence-corrected chi connectivity index (χ2v) is 2.68. The topological polar surface area (TPSA) is 52.3 Å². The molecule has 1 aliphatic rings. The van der Waals surface area contributed by atoms with E-state index in [1.54, 1.807) is 7.11 Å². The number of nitrogens with two attached hydrogens (primary N) is 1. The van der Waals surface area contributed by atoms with Gasteiger partial charge in [-0.2, -0.15) is 0 Å². The number of rotatable bonds is 2. The third-order valence-corrected chi connectivity index (χ3v) is 2.00. The molecule has 1 aliphatic carbocycles. The molecule has 0 heterocycles. The van der Waals surface area contributed by atoms with E-state index in [2.05, 4.69) is 0 Å². The van der Waals surface area contributed by atoms with Crippen molar-refractivity contribution in [2.24, 2.45) is 11.7 Å². The Kier molecular flexibility index (Phi) is 1.24. The normalized spacial score (nSPS) is 40.4. The molecule has 1 saturated carbocycles. The summed E-state index contributed by atoms with van der Waals surface area (Å²) in [4.78, 5) is 10.5. The summed E-state index contributed by atoms with van der Waals surface area (Å²) in [7, 11) is 1.60. The van der Waals surface area contributed by atoms with Crippen molar-refractivity contribution in [2.45, 2.75) is 18.9 Å². The maximum atomic E-state index is 10.5. The second-order valence-electron chi connectivity index (χ2n) is 2.68. The minimum absolute atomic E-state index is 0.0532. The number of amides is 1. The standard InChI is InChI=1S/C6H11NO2/c1-6(9-2)3-4(6)5(7)8/h4H,3H2,1-2H3,(H2,7,8). The molecule has 1 fully saturated rings. The molecule has 3 nitrogen and oxygen atoms in total. The van der Waals surface area contributed by atoms with Gasteiger partial charge in [0, 0.05) is 7.11 Å². The molecule has 52 valence electrons. The third-order valence-electron chi connectivity index (χ3n) is 2.00. The number of hydrogen-bond donors (Lipinski definition) is 1. The first-order chi connectivity index (χ1) is 4.10. The highest BCUT2D eigenvalue weighted by atomic mass is 16.5. The van der Waals surface area contributed by atoms with E-state index in [-0.39, 0.29) is 17.4 Å². The van der Waals surface area contributed by atoms with Gasteiger partial charge in [-0.3, -0.25) is 4.79 Å². The van der Waals surface area contributed by atoms with Gasteiger partial charge in [0.25, 0.3) is 0 Å². The van der Waals surface area contributed by atoms with Crippen LogP contribution in [0, 0.1) is 5.92 Å². The lowest BCUT2D eigenvalue weighted by Crippen LogP contribution is -2.21. The third kappa shape index (κ3) is 0.920. The molecule has 3 heteroatoms. The van der Waals surface area contributed by atoms with Crippen molar-refractivity contribution < 1.29 is 9.53 Å². The summed E-state index contributed by atoms with van der Waals surface area (Å²) in [5, 5.41) is 0. The molecule has 1 amide bonds. The van der Waals surface area contributed by atoms with Crippen molar-refractivity contribution in [3.8, 4) is 0 Å². The van der Waals surface area contributed by atoms with Gasteiger partial charge < -0.3 is 10.5 Å². The minimum atomic E-state index is -0.251. The summed E-state index contributed by atoms with van der Waals surface area (Å²) in [6, 6.07) is 0. The predicted molar refractivity (Wildman–Crippen MR) is 32.7 cm³/mol. The highest BCUT2D eigenvalue weighted by Crippen LogP contribution is 2.45. The number of primary amides is 1. The van der Waals surface area contributed by atoms with Crippen LogP contribution < -0.4 is 5.73 Å². The lowest BCUT2D eigenvalue weighted by Gasteiger charge is -2.04. The molecule has 0 aliphatic heterocycles. The lowest BCUT2D eigenvalue weighted by atomic mass is 10.3. The molecule has 0 saturated heterocycles. The van der Waals surface area contributed by atoms with Crippen LogP contribution in [0.3, 0.4) is 0 Å². The monoisotopic (exact) mass is 129 g/mol. The molecular formula is C6H11NO2. The molecule has 2 atom stereocenters. The van der Waals surface area contributed by atoms with Crippen molar-refractivity contribution in [1.82, 2.24) is 0 Å². The van der Waals surface area contributed by atoms with Gasteiger partial charge >= 0.3 is 0 Å². The van der Waals surface area contributed by atoms with E-state index in [1.165, 1.54) is 0 Å². The van der Waals surface area contributed by atoms with Gasteiger partial charge in [-0.25, -0.2) is 0 Å². The SMILES string of the molecule is COC1(C)CC1C(N)=O. The first kappa shape index (κ1) is 6.55. The molecule has 0 radical (unpaired) electrons. The molecule has 0 aromatic rings. The van der Waals surface area contributed by atoms with E-state index in [0.717, 1.165) is 6.42 Å². The Labute approximate surface area is 54.2 Å². The molecule has 2 N–H and O–H groups in total. The molecule has 9 heavy (non-hydrogen) atoms. The Bertz CT molecular complexity index is 146. The van der Waals surface area contributed by atoms with Crippen molar-refractivity contribution in [3.05, 3.63) is 0 Å². The van der Waals surface area contributed by atoms with Gasteiger partial charge in [0.15, 0.2) is 0 Å². The molecule has 0 bridgehead atoms. The molecule has 0 aromatic carbocycles. The summed E-state index contributed by atoms with van der Waals surface area (Å²) in [6.07, 6.45) is 0.777. The second kappa shape index (κ2) is 1.70. The summed E-state index contributed by atoms with van der Waals surface area (Å²) in [5.41, 5.74) is 4.79. The Morgan fingerprint density at radius 2 is 2.44 bits per heavy atom. The van der Waals surface area contributed by atoms with Crippen LogP contribution in [0.5, 0.6) is 0 Å². The predicted octanol–water partition coefficient (Wildman–Crippen LogP) is -0.103. The molecule has 2 unspecified atom stereocenters. The molecule has 0 spiro atoms. The van der Waals surface area contributed by atoms with Crippen molar-refractivity contribution in [2.75, 3.05) is 7.11 Å². The Morgan fingerprint density at radius 1 is 1.89 bits per heavy atom. The maximum absolute atomic E-state index is 10.5. The van der Waals surface area contributed by atoms with Gasteiger partial charge in [-0.05, 0) is 13.3 Å². The van der Waals surface area contributed by atoms with E-state index >= 15 is 0 Å². The summed E-state index contributed by atoms with van der Waals surface area (Å²) in [6.45, 7) is 1.89. The van der Waals surface area contributed by atoms with Crippen molar-refractivity contribution >= 4 is 5.91 Å². The fourth-order valence-corrected chi connectivity index (χ4v) is 0.973. The lowest BCUT2D eigenvalue weighted by molar-refractivity contribution is -0.120. The van der Waals surface area contributed by atoms with Crippen molar-refractivity contribution in [3.63, 3.8) is 0 Å². The Hall–Kier alpha value is -0.570. The van der Waals surface area contributed by atoms with Crippen LogP contribution >= 0.6 is 0 Å². The Balaban J connectivity index is 2.48. The zero-order chi connectivity index (χ0) is 7.07. The fraction of sp³-hybridized carbons (Fsp3) is 0.833. The number of carbonyl (C=O) groups is 1.